The van der Waals surface area contributed by atoms with Crippen LogP contribution in [0.25, 0.3) is 66.1 Å². The van der Waals surface area contributed by atoms with E-state index in [1.807, 2.05) is 24.3 Å². The fourth-order valence-corrected chi connectivity index (χ4v) is 7.76. The minimum absolute atomic E-state index is 0.895. The van der Waals surface area contributed by atoms with Gasteiger partial charge in [0, 0.05) is 33.2 Å². The van der Waals surface area contributed by atoms with Gasteiger partial charge in [0.2, 0.25) is 0 Å². The Balaban J connectivity index is 1.18. The van der Waals surface area contributed by atoms with Crippen molar-refractivity contribution in [1.29, 1.82) is 0 Å². The molecule has 9 rings (SSSR count). The van der Waals surface area contributed by atoms with Gasteiger partial charge in [-0.2, -0.15) is 0 Å². The molecule has 0 saturated carbocycles. The summed E-state index contributed by atoms with van der Waals surface area (Å²) >= 11 is 0. The number of hydrogen-bond donors (Lipinski definition) is 0. The predicted molar refractivity (Wildman–Crippen MR) is 239 cm³/mol. The molecular weight excluding hydrogens is 679 g/mol. The van der Waals surface area contributed by atoms with Crippen LogP contribution in [0.3, 0.4) is 0 Å². The zero-order valence-corrected chi connectivity index (χ0v) is 31.6. The van der Waals surface area contributed by atoms with Crippen LogP contribution in [0.15, 0.2) is 223 Å². The highest BCUT2D eigenvalue weighted by molar-refractivity contribution is 6.19. The van der Waals surface area contributed by atoms with Crippen LogP contribution in [0.1, 0.15) is 11.1 Å². The Hall–Kier alpha value is -7.16. The Morgan fingerprint density at radius 1 is 0.393 bits per heavy atom. The van der Waals surface area contributed by atoms with Crippen molar-refractivity contribution in [2.45, 2.75) is 13.8 Å². The van der Waals surface area contributed by atoms with E-state index in [0.29, 0.717) is 0 Å². The van der Waals surface area contributed by atoms with Gasteiger partial charge >= 0.3 is 0 Å². The van der Waals surface area contributed by atoms with Crippen LogP contribution in [0.4, 0.5) is 11.4 Å². The average Bonchev–Trinajstić information content (AvgIpc) is 3.61. The lowest BCUT2D eigenvalue weighted by Crippen LogP contribution is -2.15. The number of aryl methyl sites for hydroxylation is 2. The van der Waals surface area contributed by atoms with E-state index >= 15 is 0 Å². The van der Waals surface area contributed by atoms with E-state index in [1.165, 1.54) is 33.4 Å². The molecule has 2 nitrogen and oxygen atoms in total. The van der Waals surface area contributed by atoms with E-state index in [9.17, 15) is 0 Å². The van der Waals surface area contributed by atoms with Gasteiger partial charge in [-0.05, 0) is 118 Å². The number of furan rings is 1. The molecule has 7 aromatic carbocycles. The molecule has 0 radical (unpaired) electrons. The molecule has 268 valence electrons. The van der Waals surface area contributed by atoms with Crippen molar-refractivity contribution in [2.75, 3.05) is 4.90 Å². The summed E-state index contributed by atoms with van der Waals surface area (Å²) in [4.78, 5) is 2.35. The van der Waals surface area contributed by atoms with E-state index in [-0.39, 0.29) is 0 Å². The molecule has 0 amide bonds. The SMILES string of the molecule is Cc1ccccc1-c1cc(N(C2=C\C=C/C=C\C=C\C=C\C=C2)c2ccc(-c3cc4c5ccc(-c6ccccc6)cc5oc4c4ccccc34)cc2)ccc1C. The van der Waals surface area contributed by atoms with Crippen LogP contribution < -0.4 is 4.90 Å². The van der Waals surface area contributed by atoms with Gasteiger partial charge in [0.1, 0.15) is 11.2 Å². The summed E-state index contributed by atoms with van der Waals surface area (Å²) in [6.45, 7) is 4.38. The zero-order chi connectivity index (χ0) is 37.8. The first kappa shape index (κ1) is 34.6. The zero-order valence-electron chi connectivity index (χ0n) is 31.6. The first-order chi connectivity index (χ1) is 27.6. The maximum absolute atomic E-state index is 6.66. The summed E-state index contributed by atoms with van der Waals surface area (Å²) in [5.74, 6) is 0. The molecule has 2 heteroatoms. The Morgan fingerprint density at radius 2 is 1.04 bits per heavy atom. The molecule has 0 saturated heterocycles. The van der Waals surface area contributed by atoms with Crippen molar-refractivity contribution in [3.63, 3.8) is 0 Å². The predicted octanol–water partition coefficient (Wildman–Crippen LogP) is 15.2. The van der Waals surface area contributed by atoms with Crippen LogP contribution in [-0.2, 0) is 0 Å². The van der Waals surface area contributed by atoms with Gasteiger partial charge in [-0.15, -0.1) is 0 Å². The van der Waals surface area contributed by atoms with E-state index in [4.69, 9.17) is 4.42 Å². The number of hydrogen-bond acceptors (Lipinski definition) is 2. The largest absolute Gasteiger partial charge is 0.455 e. The molecule has 0 N–H and O–H groups in total. The number of nitrogens with zero attached hydrogens (tertiary/aromatic N) is 1. The van der Waals surface area contributed by atoms with Crippen molar-refractivity contribution in [3.05, 3.63) is 229 Å². The van der Waals surface area contributed by atoms with Crippen molar-refractivity contribution < 1.29 is 4.42 Å². The highest BCUT2D eigenvalue weighted by atomic mass is 16.3. The molecule has 0 spiro atoms. The van der Waals surface area contributed by atoms with Crippen LogP contribution in [0, 0.1) is 13.8 Å². The standard InChI is InChI=1S/C54H41NO/c1-38-19-15-16-24-46(38)50-36-45(31-27-39(50)2)55(43-22-13-8-6-4-3-5-7-9-14-23-43)44-32-28-41(29-33-44)51-37-52-48-34-30-42(40-20-11-10-12-21-40)35-53(48)56-54(52)49-26-18-17-25-47(49)51/h3-37H,1-2H3/b4-3+,5-3?,6-4?,7-5-,8-6+,9-7?,13-8?,14-9-,22-13?,23-14?,43-22?,43-23?. The molecule has 0 atom stereocenters. The smallest absolute Gasteiger partial charge is 0.143 e. The summed E-state index contributed by atoms with van der Waals surface area (Å²) < 4.78 is 6.66. The van der Waals surface area contributed by atoms with Gasteiger partial charge in [0.15, 0.2) is 0 Å². The molecule has 0 unspecified atom stereocenters. The van der Waals surface area contributed by atoms with Gasteiger partial charge in [0.05, 0.1) is 0 Å². The fraction of sp³-hybridized carbons (Fsp3) is 0.0370. The maximum atomic E-state index is 6.66. The third kappa shape index (κ3) is 6.74. The lowest BCUT2D eigenvalue weighted by molar-refractivity contribution is 0.673. The van der Waals surface area contributed by atoms with Gasteiger partial charge < -0.3 is 9.32 Å². The quantitative estimate of drug-likeness (QED) is 0.170. The molecular formula is C54H41NO. The molecule has 1 heterocycles. The molecule has 1 aromatic heterocycles. The lowest BCUT2D eigenvalue weighted by atomic mass is 9.94. The van der Waals surface area contributed by atoms with Crippen LogP contribution >= 0.6 is 0 Å². The first-order valence-corrected chi connectivity index (χ1v) is 19.2. The normalized spacial score (nSPS) is 15.2. The second-order valence-corrected chi connectivity index (χ2v) is 14.2. The van der Waals surface area contributed by atoms with Gasteiger partial charge in [-0.1, -0.05) is 158 Å². The van der Waals surface area contributed by atoms with E-state index in [0.717, 1.165) is 60.9 Å². The maximum Gasteiger partial charge on any atom is 0.143 e. The second-order valence-electron chi connectivity index (χ2n) is 14.2. The third-order valence-electron chi connectivity index (χ3n) is 10.6. The van der Waals surface area contributed by atoms with Gasteiger partial charge in [0.25, 0.3) is 0 Å². The number of anilines is 2. The number of fused-ring (bicyclic) bond motifs is 5. The van der Waals surface area contributed by atoms with E-state index < -0.39 is 0 Å². The second kappa shape index (κ2) is 15.3. The molecule has 1 aliphatic carbocycles. The Kier molecular flexibility index (Phi) is 9.45. The molecule has 0 aliphatic heterocycles. The molecule has 0 bridgehead atoms. The lowest BCUT2D eigenvalue weighted by Gasteiger charge is -2.28. The van der Waals surface area contributed by atoms with Crippen molar-refractivity contribution >= 4 is 44.1 Å². The Labute approximate surface area is 328 Å². The number of allylic oxidation sites excluding steroid dienone is 11. The van der Waals surface area contributed by atoms with Gasteiger partial charge in [-0.3, -0.25) is 0 Å². The van der Waals surface area contributed by atoms with Crippen molar-refractivity contribution in [3.8, 4) is 33.4 Å². The van der Waals surface area contributed by atoms with E-state index in [1.54, 1.807) is 0 Å². The number of rotatable bonds is 6. The van der Waals surface area contributed by atoms with Gasteiger partial charge in [-0.25, -0.2) is 0 Å². The fourth-order valence-electron chi connectivity index (χ4n) is 7.76. The Bertz CT molecular complexity index is 2910. The average molecular weight is 720 g/mol. The minimum atomic E-state index is 0.895. The first-order valence-electron chi connectivity index (χ1n) is 19.2. The molecule has 56 heavy (non-hydrogen) atoms. The van der Waals surface area contributed by atoms with Crippen LogP contribution in [0.2, 0.25) is 0 Å². The van der Waals surface area contributed by atoms with Crippen molar-refractivity contribution in [1.82, 2.24) is 0 Å². The summed E-state index contributed by atoms with van der Waals surface area (Å²) in [5.41, 5.74) is 14.6. The molecule has 1 aliphatic rings. The number of benzene rings is 7. The summed E-state index contributed by atoms with van der Waals surface area (Å²) in [6, 6.07) is 52.4. The summed E-state index contributed by atoms with van der Waals surface area (Å²) in [6.07, 6.45) is 22.9. The highest BCUT2D eigenvalue weighted by Crippen LogP contribution is 2.42. The third-order valence-corrected chi connectivity index (χ3v) is 10.6. The van der Waals surface area contributed by atoms with Crippen molar-refractivity contribution in [2.24, 2.45) is 0 Å². The minimum Gasteiger partial charge on any atom is -0.455 e. The summed E-state index contributed by atoms with van der Waals surface area (Å²) in [5, 5.41) is 4.51. The Morgan fingerprint density at radius 3 is 1.82 bits per heavy atom. The topological polar surface area (TPSA) is 16.4 Å². The van der Waals surface area contributed by atoms with Crippen LogP contribution in [0.5, 0.6) is 0 Å². The highest BCUT2D eigenvalue weighted by Gasteiger charge is 2.18. The monoisotopic (exact) mass is 719 g/mol. The molecule has 8 aromatic rings. The van der Waals surface area contributed by atoms with E-state index in [2.05, 4.69) is 207 Å². The van der Waals surface area contributed by atoms with Crippen LogP contribution in [-0.4, -0.2) is 0 Å². The molecule has 0 fully saturated rings. The summed E-state index contributed by atoms with van der Waals surface area (Å²) in [7, 11) is 0.